The lowest BCUT2D eigenvalue weighted by molar-refractivity contribution is 0.0995. The maximum absolute atomic E-state index is 12.5. The molecule has 0 spiro atoms. The average Bonchev–Trinajstić information content (AvgIpc) is 3.27. The van der Waals surface area contributed by atoms with Crippen LogP contribution in [0.2, 0.25) is 5.02 Å². The second kappa shape index (κ2) is 9.77. The van der Waals surface area contributed by atoms with Gasteiger partial charge < -0.3 is 15.4 Å². The van der Waals surface area contributed by atoms with Crippen molar-refractivity contribution in [1.29, 1.82) is 0 Å². The third-order valence-electron chi connectivity index (χ3n) is 6.01. The number of hydrogen-bond acceptors (Lipinski definition) is 6. The highest BCUT2D eigenvalue weighted by molar-refractivity contribution is 6.32. The number of para-hydroxylation sites is 1. The van der Waals surface area contributed by atoms with Crippen LogP contribution >= 0.6 is 11.6 Å². The standard InChI is InChI=1S/C26H25ClN6O2/c1-2-12-31-14-16-32(17-15-31)25-26-30-22(23(24(28)34)33(26)13-11-29-25)18-7-9-19(10-8-18)35-21-6-4-3-5-20(21)27/h2-11,13H,1,12,14-17H2,(H2,28,34). The number of ether oxygens (including phenoxy) is 1. The summed E-state index contributed by atoms with van der Waals surface area (Å²) in [5.41, 5.74) is 7.96. The van der Waals surface area contributed by atoms with Crippen LogP contribution in [-0.2, 0) is 0 Å². The van der Waals surface area contributed by atoms with Gasteiger partial charge in [0, 0.05) is 50.7 Å². The molecule has 1 saturated heterocycles. The summed E-state index contributed by atoms with van der Waals surface area (Å²) in [6.45, 7) is 8.10. The lowest BCUT2D eigenvalue weighted by Crippen LogP contribution is -2.46. The molecule has 0 saturated carbocycles. The summed E-state index contributed by atoms with van der Waals surface area (Å²) in [5.74, 6) is 1.36. The molecule has 0 radical (unpaired) electrons. The maximum Gasteiger partial charge on any atom is 0.268 e. The number of fused-ring (bicyclic) bond motifs is 1. The Labute approximate surface area is 208 Å². The fraction of sp³-hybridized carbons (Fsp3) is 0.192. The number of carbonyl (C=O) groups is 1. The Bertz CT molecular complexity index is 1380. The number of amides is 1. The molecule has 5 rings (SSSR count). The van der Waals surface area contributed by atoms with Crippen LogP contribution in [0.4, 0.5) is 5.82 Å². The lowest BCUT2D eigenvalue weighted by atomic mass is 10.1. The van der Waals surface area contributed by atoms with Gasteiger partial charge in [-0.2, -0.15) is 0 Å². The van der Waals surface area contributed by atoms with Gasteiger partial charge >= 0.3 is 0 Å². The van der Waals surface area contributed by atoms with Gasteiger partial charge in [0.05, 0.1) is 5.02 Å². The molecule has 0 bridgehead atoms. The van der Waals surface area contributed by atoms with Crippen LogP contribution in [0.1, 0.15) is 10.5 Å². The van der Waals surface area contributed by atoms with Crippen molar-refractivity contribution in [2.24, 2.45) is 5.73 Å². The van der Waals surface area contributed by atoms with Crippen molar-refractivity contribution in [2.75, 3.05) is 37.6 Å². The third kappa shape index (κ3) is 4.58. The van der Waals surface area contributed by atoms with Crippen LogP contribution < -0.4 is 15.4 Å². The summed E-state index contributed by atoms with van der Waals surface area (Å²) in [5, 5.41) is 0.526. The smallest absolute Gasteiger partial charge is 0.268 e. The van der Waals surface area contributed by atoms with Crippen LogP contribution in [0.3, 0.4) is 0 Å². The Hall–Kier alpha value is -3.88. The summed E-state index contributed by atoms with van der Waals surface area (Å²) in [6, 6.07) is 14.6. The first kappa shape index (κ1) is 22.9. The van der Waals surface area contributed by atoms with Crippen molar-refractivity contribution in [2.45, 2.75) is 0 Å². The largest absolute Gasteiger partial charge is 0.456 e. The zero-order chi connectivity index (χ0) is 24.4. The zero-order valence-electron chi connectivity index (χ0n) is 19.1. The minimum absolute atomic E-state index is 0.314. The highest BCUT2D eigenvalue weighted by Gasteiger charge is 2.25. The molecule has 0 unspecified atom stereocenters. The Morgan fingerprint density at radius 1 is 1.11 bits per heavy atom. The normalized spacial score (nSPS) is 14.3. The van der Waals surface area contributed by atoms with Gasteiger partial charge in [-0.15, -0.1) is 6.58 Å². The second-order valence-electron chi connectivity index (χ2n) is 8.25. The first-order chi connectivity index (χ1) is 17.0. The lowest BCUT2D eigenvalue weighted by Gasteiger charge is -2.34. The molecule has 1 fully saturated rings. The number of nitrogens with two attached hydrogens (primary N) is 1. The zero-order valence-corrected chi connectivity index (χ0v) is 19.9. The highest BCUT2D eigenvalue weighted by Crippen LogP contribution is 2.32. The molecule has 178 valence electrons. The predicted molar refractivity (Wildman–Crippen MR) is 137 cm³/mol. The number of benzene rings is 2. The maximum atomic E-state index is 12.5. The van der Waals surface area contributed by atoms with Crippen molar-refractivity contribution >= 4 is 29.0 Å². The number of carbonyl (C=O) groups excluding carboxylic acids is 1. The Balaban J connectivity index is 1.48. The third-order valence-corrected chi connectivity index (χ3v) is 6.32. The Morgan fingerprint density at radius 2 is 1.86 bits per heavy atom. The molecular formula is C26H25ClN6O2. The summed E-state index contributed by atoms with van der Waals surface area (Å²) in [4.78, 5) is 26.4. The topological polar surface area (TPSA) is 89.0 Å². The van der Waals surface area contributed by atoms with Gasteiger partial charge in [-0.05, 0) is 36.4 Å². The van der Waals surface area contributed by atoms with Gasteiger partial charge in [0.2, 0.25) is 0 Å². The molecule has 0 aliphatic carbocycles. The summed E-state index contributed by atoms with van der Waals surface area (Å²) >= 11 is 6.20. The number of piperazine rings is 1. The number of aromatic nitrogens is 3. The van der Waals surface area contributed by atoms with E-state index in [2.05, 4.69) is 21.4 Å². The van der Waals surface area contributed by atoms with Crippen LogP contribution in [0.25, 0.3) is 16.9 Å². The Morgan fingerprint density at radius 3 is 2.54 bits per heavy atom. The summed E-state index contributed by atoms with van der Waals surface area (Å²) in [7, 11) is 0. The van der Waals surface area contributed by atoms with Crippen LogP contribution in [0, 0.1) is 0 Å². The molecule has 9 heteroatoms. The molecule has 2 N–H and O–H groups in total. The van der Waals surface area contributed by atoms with Gasteiger partial charge in [0.1, 0.15) is 22.9 Å². The van der Waals surface area contributed by atoms with E-state index in [4.69, 9.17) is 27.1 Å². The molecule has 2 aromatic carbocycles. The summed E-state index contributed by atoms with van der Waals surface area (Å²) < 4.78 is 7.61. The molecule has 2 aromatic heterocycles. The van der Waals surface area contributed by atoms with Gasteiger partial charge in [0.15, 0.2) is 11.5 Å². The number of halogens is 1. The molecule has 8 nitrogen and oxygen atoms in total. The van der Waals surface area contributed by atoms with E-state index in [0.29, 0.717) is 33.6 Å². The fourth-order valence-electron chi connectivity index (χ4n) is 4.28. The molecule has 1 amide bonds. The van der Waals surface area contributed by atoms with E-state index in [0.717, 1.165) is 44.1 Å². The van der Waals surface area contributed by atoms with E-state index in [1.165, 1.54) is 0 Å². The monoisotopic (exact) mass is 488 g/mol. The highest BCUT2D eigenvalue weighted by atomic mass is 35.5. The number of anilines is 1. The van der Waals surface area contributed by atoms with Gasteiger partial charge in [-0.25, -0.2) is 9.97 Å². The quantitative estimate of drug-likeness (QED) is 0.391. The van der Waals surface area contributed by atoms with Crippen molar-refractivity contribution in [3.63, 3.8) is 0 Å². The van der Waals surface area contributed by atoms with E-state index in [9.17, 15) is 4.79 Å². The van der Waals surface area contributed by atoms with Gasteiger partial charge in [0.25, 0.3) is 5.91 Å². The van der Waals surface area contributed by atoms with Crippen molar-refractivity contribution < 1.29 is 9.53 Å². The first-order valence-corrected chi connectivity index (χ1v) is 11.7. The average molecular weight is 489 g/mol. The minimum atomic E-state index is -0.558. The summed E-state index contributed by atoms with van der Waals surface area (Å²) in [6.07, 6.45) is 5.31. The van der Waals surface area contributed by atoms with E-state index < -0.39 is 5.91 Å². The number of nitrogens with zero attached hydrogens (tertiary/aromatic N) is 5. The van der Waals surface area contributed by atoms with E-state index >= 15 is 0 Å². The van der Waals surface area contributed by atoms with E-state index in [1.807, 2.05) is 42.5 Å². The predicted octanol–water partition coefficient (Wildman–Crippen LogP) is 4.25. The molecular weight excluding hydrogens is 464 g/mol. The van der Waals surface area contributed by atoms with Gasteiger partial charge in [-0.1, -0.05) is 29.8 Å². The van der Waals surface area contributed by atoms with Crippen molar-refractivity contribution in [1.82, 2.24) is 19.3 Å². The van der Waals surface area contributed by atoms with Gasteiger partial charge in [-0.3, -0.25) is 14.1 Å². The molecule has 1 aliphatic heterocycles. The van der Waals surface area contributed by atoms with E-state index in [1.54, 1.807) is 28.9 Å². The van der Waals surface area contributed by atoms with E-state index in [-0.39, 0.29) is 0 Å². The van der Waals surface area contributed by atoms with Crippen LogP contribution in [-0.4, -0.2) is 57.9 Å². The molecule has 4 aromatic rings. The SMILES string of the molecule is C=CCN1CCN(c2nccn3c(C(N)=O)c(-c4ccc(Oc5ccccc5Cl)cc4)nc23)CC1. The number of hydrogen-bond donors (Lipinski definition) is 1. The molecule has 1 aliphatic rings. The Kier molecular flexibility index (Phi) is 6.39. The van der Waals surface area contributed by atoms with Crippen LogP contribution in [0.5, 0.6) is 11.5 Å². The molecule has 3 heterocycles. The minimum Gasteiger partial charge on any atom is -0.456 e. The fourth-order valence-corrected chi connectivity index (χ4v) is 4.46. The van der Waals surface area contributed by atoms with Crippen LogP contribution in [0.15, 0.2) is 73.6 Å². The van der Waals surface area contributed by atoms with Crippen molar-refractivity contribution in [3.8, 4) is 22.8 Å². The van der Waals surface area contributed by atoms with Crippen molar-refractivity contribution in [3.05, 3.63) is 84.3 Å². The molecule has 35 heavy (non-hydrogen) atoms. The molecule has 0 atom stereocenters. The first-order valence-electron chi connectivity index (χ1n) is 11.3. The second-order valence-corrected chi connectivity index (χ2v) is 8.66. The number of rotatable bonds is 7. The number of imidazole rings is 1. The number of primary amides is 1.